The minimum Gasteiger partial charge on any atom is -0.508 e. The summed E-state index contributed by atoms with van der Waals surface area (Å²) in [6, 6.07) is 12.2. The molecule has 0 spiro atoms. The summed E-state index contributed by atoms with van der Waals surface area (Å²) in [6.07, 6.45) is 0.706. The van der Waals surface area contributed by atoms with Gasteiger partial charge in [-0.3, -0.25) is 4.79 Å². The predicted octanol–water partition coefficient (Wildman–Crippen LogP) is 1.80. The second kappa shape index (κ2) is 6.56. The van der Waals surface area contributed by atoms with Crippen molar-refractivity contribution < 1.29 is 9.90 Å². The Bertz CT molecular complexity index is 582. The Kier molecular flexibility index (Phi) is 4.55. The van der Waals surface area contributed by atoms with Gasteiger partial charge in [-0.2, -0.15) is 0 Å². The third-order valence-electron chi connectivity index (χ3n) is 2.87. The number of amides is 1. The van der Waals surface area contributed by atoms with Gasteiger partial charge in [-0.05, 0) is 36.2 Å². The molecule has 0 aliphatic carbocycles. The Balaban J connectivity index is 1.87. The molecule has 5 nitrogen and oxygen atoms in total. The van der Waals surface area contributed by atoms with Gasteiger partial charge in [0, 0.05) is 13.6 Å². The Morgan fingerprint density at radius 2 is 1.95 bits per heavy atom. The minimum atomic E-state index is -0.194. The van der Waals surface area contributed by atoms with E-state index >= 15 is 0 Å². The zero-order valence-electron chi connectivity index (χ0n) is 11.3. The quantitative estimate of drug-likeness (QED) is 0.775. The van der Waals surface area contributed by atoms with Crippen molar-refractivity contribution in [1.29, 1.82) is 0 Å². The summed E-state index contributed by atoms with van der Waals surface area (Å²) in [4.78, 5) is 16.1. The monoisotopic (exact) mass is 271 g/mol. The molecule has 0 atom stereocenters. The number of anilines is 1. The number of hydrogen-bond donors (Lipinski definition) is 3. The first-order valence-corrected chi connectivity index (χ1v) is 6.40. The molecule has 20 heavy (non-hydrogen) atoms. The van der Waals surface area contributed by atoms with E-state index in [0.717, 1.165) is 5.56 Å². The number of rotatable bonds is 5. The van der Waals surface area contributed by atoms with Gasteiger partial charge in [-0.25, -0.2) is 4.98 Å². The number of benzene rings is 1. The highest BCUT2D eigenvalue weighted by Crippen LogP contribution is 2.09. The van der Waals surface area contributed by atoms with Crippen LogP contribution in [0.3, 0.4) is 0 Å². The summed E-state index contributed by atoms with van der Waals surface area (Å²) in [6.45, 7) is 0.523. The molecule has 0 unspecified atom stereocenters. The molecule has 0 saturated carbocycles. The minimum absolute atomic E-state index is 0.194. The number of carbonyl (C=O) groups excluding carboxylic acids is 1. The first-order chi connectivity index (χ1) is 9.69. The van der Waals surface area contributed by atoms with Gasteiger partial charge in [0.05, 0.1) is 0 Å². The Labute approximate surface area is 117 Å². The maximum atomic E-state index is 11.9. The van der Waals surface area contributed by atoms with Gasteiger partial charge >= 0.3 is 0 Å². The SMILES string of the molecule is CNc1cccc(C(=O)NCCc2ccc(O)cc2)n1. The summed E-state index contributed by atoms with van der Waals surface area (Å²) in [5, 5.41) is 14.9. The van der Waals surface area contributed by atoms with Gasteiger partial charge in [0.2, 0.25) is 0 Å². The Morgan fingerprint density at radius 1 is 1.20 bits per heavy atom. The molecule has 2 rings (SSSR count). The molecule has 1 aromatic carbocycles. The van der Waals surface area contributed by atoms with E-state index in [1.165, 1.54) is 0 Å². The van der Waals surface area contributed by atoms with Crippen LogP contribution < -0.4 is 10.6 Å². The van der Waals surface area contributed by atoms with Crippen molar-refractivity contribution in [3.05, 3.63) is 53.7 Å². The fourth-order valence-electron chi connectivity index (χ4n) is 1.77. The van der Waals surface area contributed by atoms with Crippen molar-refractivity contribution in [2.75, 3.05) is 18.9 Å². The van der Waals surface area contributed by atoms with E-state index in [1.807, 2.05) is 12.1 Å². The van der Waals surface area contributed by atoms with E-state index in [2.05, 4.69) is 15.6 Å². The zero-order chi connectivity index (χ0) is 14.4. The molecular formula is C15H17N3O2. The molecule has 5 heteroatoms. The summed E-state index contributed by atoms with van der Waals surface area (Å²) < 4.78 is 0. The fourth-order valence-corrected chi connectivity index (χ4v) is 1.77. The number of nitrogens with one attached hydrogen (secondary N) is 2. The van der Waals surface area contributed by atoms with Gasteiger partial charge in [-0.15, -0.1) is 0 Å². The number of phenols is 1. The Hall–Kier alpha value is -2.56. The van der Waals surface area contributed by atoms with Crippen molar-refractivity contribution in [2.45, 2.75) is 6.42 Å². The number of pyridine rings is 1. The molecule has 0 bridgehead atoms. The number of carbonyl (C=O) groups is 1. The van der Waals surface area contributed by atoms with E-state index in [-0.39, 0.29) is 11.7 Å². The zero-order valence-corrected chi connectivity index (χ0v) is 11.3. The summed E-state index contributed by atoms with van der Waals surface area (Å²) in [7, 11) is 1.76. The van der Waals surface area contributed by atoms with Crippen molar-refractivity contribution >= 4 is 11.7 Å². The standard InChI is InChI=1S/C15H17N3O2/c1-16-14-4-2-3-13(18-14)15(20)17-10-9-11-5-7-12(19)8-6-11/h2-8,19H,9-10H2,1H3,(H,16,18)(H,17,20). The van der Waals surface area contributed by atoms with Crippen LogP contribution in [0, 0.1) is 0 Å². The lowest BCUT2D eigenvalue weighted by molar-refractivity contribution is 0.0949. The lowest BCUT2D eigenvalue weighted by atomic mass is 10.1. The predicted molar refractivity (Wildman–Crippen MR) is 77.9 cm³/mol. The first-order valence-electron chi connectivity index (χ1n) is 6.40. The molecule has 0 fully saturated rings. The molecule has 1 heterocycles. The van der Waals surface area contributed by atoms with Crippen molar-refractivity contribution in [2.24, 2.45) is 0 Å². The molecule has 2 aromatic rings. The summed E-state index contributed by atoms with van der Waals surface area (Å²) in [5.41, 5.74) is 1.45. The van der Waals surface area contributed by atoms with Gasteiger partial charge in [0.15, 0.2) is 0 Å². The fraction of sp³-hybridized carbons (Fsp3) is 0.200. The number of hydrogen-bond acceptors (Lipinski definition) is 4. The van der Waals surface area contributed by atoms with E-state index in [9.17, 15) is 9.90 Å². The second-order valence-corrected chi connectivity index (χ2v) is 4.33. The van der Waals surface area contributed by atoms with Crippen LogP contribution in [0.1, 0.15) is 16.1 Å². The van der Waals surface area contributed by atoms with Crippen molar-refractivity contribution in [1.82, 2.24) is 10.3 Å². The molecule has 104 valence electrons. The van der Waals surface area contributed by atoms with Crippen LogP contribution in [0.5, 0.6) is 5.75 Å². The van der Waals surface area contributed by atoms with Gasteiger partial charge in [-0.1, -0.05) is 18.2 Å². The summed E-state index contributed by atoms with van der Waals surface area (Å²) in [5.74, 6) is 0.711. The number of nitrogens with zero attached hydrogens (tertiary/aromatic N) is 1. The molecule has 0 radical (unpaired) electrons. The normalized spacial score (nSPS) is 10.1. The molecular weight excluding hydrogens is 254 g/mol. The maximum Gasteiger partial charge on any atom is 0.269 e. The van der Waals surface area contributed by atoms with Gasteiger partial charge < -0.3 is 15.7 Å². The molecule has 3 N–H and O–H groups in total. The largest absolute Gasteiger partial charge is 0.508 e. The third-order valence-corrected chi connectivity index (χ3v) is 2.87. The van der Waals surface area contributed by atoms with Gasteiger partial charge in [0.25, 0.3) is 5.91 Å². The van der Waals surface area contributed by atoms with Crippen LogP contribution >= 0.6 is 0 Å². The molecule has 0 aliphatic heterocycles. The van der Waals surface area contributed by atoms with Crippen LogP contribution in [-0.4, -0.2) is 29.6 Å². The highest BCUT2D eigenvalue weighted by atomic mass is 16.3. The van der Waals surface area contributed by atoms with Crippen molar-refractivity contribution in [3.63, 3.8) is 0 Å². The van der Waals surface area contributed by atoms with E-state index < -0.39 is 0 Å². The second-order valence-electron chi connectivity index (χ2n) is 4.33. The number of phenolic OH excluding ortho intramolecular Hbond substituents is 1. The lowest BCUT2D eigenvalue weighted by Crippen LogP contribution is -2.26. The van der Waals surface area contributed by atoms with Crippen LogP contribution in [0.25, 0.3) is 0 Å². The lowest BCUT2D eigenvalue weighted by Gasteiger charge is -2.06. The highest BCUT2D eigenvalue weighted by Gasteiger charge is 2.06. The van der Waals surface area contributed by atoms with Crippen LogP contribution in [-0.2, 0) is 6.42 Å². The van der Waals surface area contributed by atoms with Crippen LogP contribution in [0.2, 0.25) is 0 Å². The van der Waals surface area contributed by atoms with Crippen LogP contribution in [0.15, 0.2) is 42.5 Å². The van der Waals surface area contributed by atoms with E-state index in [4.69, 9.17) is 0 Å². The summed E-state index contributed by atoms with van der Waals surface area (Å²) >= 11 is 0. The Morgan fingerprint density at radius 3 is 2.65 bits per heavy atom. The molecule has 0 saturated heterocycles. The smallest absolute Gasteiger partial charge is 0.269 e. The number of aromatic nitrogens is 1. The highest BCUT2D eigenvalue weighted by molar-refractivity contribution is 5.92. The van der Waals surface area contributed by atoms with Gasteiger partial charge in [0.1, 0.15) is 17.3 Å². The number of aromatic hydroxyl groups is 1. The molecule has 1 aromatic heterocycles. The molecule has 1 amide bonds. The molecule has 0 aliphatic rings. The van der Waals surface area contributed by atoms with Crippen molar-refractivity contribution in [3.8, 4) is 5.75 Å². The average Bonchev–Trinajstić information content (AvgIpc) is 2.49. The van der Waals surface area contributed by atoms with E-state index in [1.54, 1.807) is 37.4 Å². The van der Waals surface area contributed by atoms with E-state index in [0.29, 0.717) is 24.5 Å². The topological polar surface area (TPSA) is 74.2 Å². The first kappa shape index (κ1) is 13.9. The third kappa shape index (κ3) is 3.71. The van der Waals surface area contributed by atoms with Crippen LogP contribution in [0.4, 0.5) is 5.82 Å². The maximum absolute atomic E-state index is 11.9. The average molecular weight is 271 g/mol.